The zero-order valence-corrected chi connectivity index (χ0v) is 18.0. The molecule has 0 radical (unpaired) electrons. The van der Waals surface area contributed by atoms with E-state index in [1.54, 1.807) is 25.4 Å². The number of aryl methyl sites for hydroxylation is 1. The summed E-state index contributed by atoms with van der Waals surface area (Å²) in [7, 11) is 0. The molecule has 0 amide bonds. The standard InChI is InChI=1S/C23H19ClF2N6/c1-12(14-4-3-5-15(8-14)16-10-28-23(27)29-11-16)30-20-9-19(31-13(2)32-20)17-6-7-18(24)22(26)21(17)25/h3-12H,1-2H3,(H2,27,28,29)(H,30,31,32)/t12-/m0/s1. The van der Waals surface area contributed by atoms with Crippen LogP contribution in [0, 0.1) is 18.6 Å². The van der Waals surface area contributed by atoms with Crippen LogP contribution in [0.15, 0.2) is 54.9 Å². The lowest BCUT2D eigenvalue weighted by Gasteiger charge is -2.17. The number of hydrogen-bond donors (Lipinski definition) is 2. The molecule has 4 rings (SSSR count). The number of nitrogens with one attached hydrogen (secondary N) is 1. The van der Waals surface area contributed by atoms with Crippen LogP contribution in [0.25, 0.3) is 22.4 Å². The molecule has 0 saturated heterocycles. The molecule has 4 aromatic rings. The molecular formula is C23H19ClF2N6. The molecule has 0 bridgehead atoms. The highest BCUT2D eigenvalue weighted by Crippen LogP contribution is 2.30. The number of aromatic nitrogens is 4. The number of nitrogens with zero attached hydrogens (tertiary/aromatic N) is 4. The predicted molar refractivity (Wildman–Crippen MR) is 121 cm³/mol. The Balaban J connectivity index is 1.62. The minimum atomic E-state index is -1.10. The second-order valence-electron chi connectivity index (χ2n) is 7.23. The Labute approximate surface area is 188 Å². The Morgan fingerprint density at radius 2 is 1.72 bits per heavy atom. The van der Waals surface area contributed by atoms with Gasteiger partial charge in [-0.25, -0.2) is 28.7 Å². The molecule has 0 unspecified atom stereocenters. The van der Waals surface area contributed by atoms with Crippen molar-refractivity contribution in [3.05, 3.63) is 82.9 Å². The van der Waals surface area contributed by atoms with Gasteiger partial charge in [-0.2, -0.15) is 0 Å². The molecule has 2 aromatic heterocycles. The van der Waals surface area contributed by atoms with Crippen molar-refractivity contribution < 1.29 is 8.78 Å². The third-order valence-corrected chi connectivity index (χ3v) is 5.20. The predicted octanol–water partition coefficient (Wildman–Crippen LogP) is 5.60. The van der Waals surface area contributed by atoms with Gasteiger partial charge < -0.3 is 11.1 Å². The van der Waals surface area contributed by atoms with Crippen molar-refractivity contribution in [1.29, 1.82) is 0 Å². The molecular weight excluding hydrogens is 434 g/mol. The zero-order valence-electron chi connectivity index (χ0n) is 17.3. The number of hydrogen-bond acceptors (Lipinski definition) is 6. The number of halogens is 3. The van der Waals surface area contributed by atoms with Crippen LogP contribution in [-0.2, 0) is 0 Å². The monoisotopic (exact) mass is 452 g/mol. The fraction of sp³-hybridized carbons (Fsp3) is 0.130. The highest BCUT2D eigenvalue weighted by Gasteiger charge is 2.17. The largest absolute Gasteiger partial charge is 0.368 e. The second-order valence-corrected chi connectivity index (χ2v) is 7.64. The first kappa shape index (κ1) is 21.6. The van der Waals surface area contributed by atoms with Crippen LogP contribution in [0.5, 0.6) is 0 Å². The molecule has 162 valence electrons. The molecule has 3 N–H and O–H groups in total. The molecule has 0 aliphatic rings. The lowest BCUT2D eigenvalue weighted by molar-refractivity contribution is 0.511. The van der Waals surface area contributed by atoms with E-state index in [1.165, 1.54) is 12.1 Å². The first-order valence-electron chi connectivity index (χ1n) is 9.76. The Bertz CT molecular complexity index is 1280. The van der Waals surface area contributed by atoms with Crippen LogP contribution < -0.4 is 11.1 Å². The number of rotatable bonds is 5. The third kappa shape index (κ3) is 4.50. The average molecular weight is 453 g/mol. The summed E-state index contributed by atoms with van der Waals surface area (Å²) >= 11 is 5.66. The van der Waals surface area contributed by atoms with E-state index in [-0.39, 0.29) is 28.3 Å². The normalized spacial score (nSPS) is 11.9. The summed E-state index contributed by atoms with van der Waals surface area (Å²) < 4.78 is 28.3. The van der Waals surface area contributed by atoms with Crippen LogP contribution in [0.4, 0.5) is 20.5 Å². The Kier molecular flexibility index (Phi) is 5.96. The van der Waals surface area contributed by atoms with Gasteiger partial charge in [0.05, 0.1) is 10.7 Å². The third-order valence-electron chi connectivity index (χ3n) is 4.91. The molecule has 0 spiro atoms. The second kappa shape index (κ2) is 8.84. The van der Waals surface area contributed by atoms with Crippen LogP contribution in [0.3, 0.4) is 0 Å². The zero-order chi connectivity index (χ0) is 22.8. The Hall–Kier alpha value is -3.65. The van der Waals surface area contributed by atoms with E-state index in [9.17, 15) is 8.78 Å². The van der Waals surface area contributed by atoms with Crippen LogP contribution in [0.2, 0.25) is 5.02 Å². The summed E-state index contributed by atoms with van der Waals surface area (Å²) in [5.41, 5.74) is 8.60. The van der Waals surface area contributed by atoms with E-state index >= 15 is 0 Å². The van der Waals surface area contributed by atoms with Gasteiger partial charge in [0, 0.05) is 35.6 Å². The quantitative estimate of drug-likeness (QED) is 0.383. The fourth-order valence-electron chi connectivity index (χ4n) is 3.28. The van der Waals surface area contributed by atoms with E-state index in [0.29, 0.717) is 11.6 Å². The van der Waals surface area contributed by atoms with Crippen molar-refractivity contribution in [1.82, 2.24) is 19.9 Å². The van der Waals surface area contributed by atoms with Gasteiger partial charge in [0.1, 0.15) is 11.6 Å². The number of benzene rings is 2. The highest BCUT2D eigenvalue weighted by molar-refractivity contribution is 6.30. The summed E-state index contributed by atoms with van der Waals surface area (Å²) in [6.07, 6.45) is 3.33. The maximum Gasteiger partial charge on any atom is 0.219 e. The fourth-order valence-corrected chi connectivity index (χ4v) is 3.43. The number of anilines is 2. The lowest BCUT2D eigenvalue weighted by Crippen LogP contribution is -2.09. The summed E-state index contributed by atoms with van der Waals surface area (Å²) in [6, 6.07) is 12.0. The van der Waals surface area contributed by atoms with E-state index in [2.05, 4.69) is 25.3 Å². The molecule has 0 saturated carbocycles. The minimum Gasteiger partial charge on any atom is -0.368 e. The molecule has 0 fully saturated rings. The number of nitrogens with two attached hydrogens (primary N) is 1. The van der Waals surface area contributed by atoms with Gasteiger partial charge in [-0.3, -0.25) is 0 Å². The Morgan fingerprint density at radius 3 is 2.47 bits per heavy atom. The SMILES string of the molecule is Cc1nc(N[C@@H](C)c2cccc(-c3cnc(N)nc3)c2)cc(-c2ccc(Cl)c(F)c2F)n1. The smallest absolute Gasteiger partial charge is 0.219 e. The molecule has 0 aliphatic carbocycles. The molecule has 9 heteroatoms. The van der Waals surface area contributed by atoms with Crippen molar-refractivity contribution in [3.8, 4) is 22.4 Å². The van der Waals surface area contributed by atoms with E-state index in [1.807, 2.05) is 31.2 Å². The molecule has 2 aromatic carbocycles. The van der Waals surface area contributed by atoms with Crippen molar-refractivity contribution in [3.63, 3.8) is 0 Å². The molecule has 6 nitrogen and oxygen atoms in total. The molecule has 32 heavy (non-hydrogen) atoms. The van der Waals surface area contributed by atoms with E-state index < -0.39 is 11.6 Å². The van der Waals surface area contributed by atoms with Crippen molar-refractivity contribution in [2.75, 3.05) is 11.1 Å². The van der Waals surface area contributed by atoms with Crippen LogP contribution in [-0.4, -0.2) is 19.9 Å². The topological polar surface area (TPSA) is 89.6 Å². The van der Waals surface area contributed by atoms with Crippen LogP contribution >= 0.6 is 11.6 Å². The summed E-state index contributed by atoms with van der Waals surface area (Å²) in [4.78, 5) is 16.7. The number of nitrogen functional groups attached to an aromatic ring is 1. The highest BCUT2D eigenvalue weighted by atomic mass is 35.5. The van der Waals surface area contributed by atoms with Gasteiger partial charge in [0.15, 0.2) is 11.6 Å². The average Bonchev–Trinajstić information content (AvgIpc) is 2.78. The van der Waals surface area contributed by atoms with Crippen LogP contribution in [0.1, 0.15) is 24.4 Å². The molecule has 1 atom stereocenters. The van der Waals surface area contributed by atoms with Gasteiger partial charge in [-0.1, -0.05) is 29.8 Å². The summed E-state index contributed by atoms with van der Waals surface area (Å²) in [6.45, 7) is 3.66. The van der Waals surface area contributed by atoms with Crippen molar-refractivity contribution in [2.45, 2.75) is 19.9 Å². The van der Waals surface area contributed by atoms with Gasteiger partial charge in [-0.15, -0.1) is 0 Å². The Morgan fingerprint density at radius 1 is 0.969 bits per heavy atom. The first-order valence-corrected chi connectivity index (χ1v) is 10.1. The molecule has 2 heterocycles. The maximum absolute atomic E-state index is 14.4. The summed E-state index contributed by atoms with van der Waals surface area (Å²) in [5.74, 6) is -1.04. The molecule has 0 aliphatic heterocycles. The minimum absolute atomic E-state index is 0.0125. The van der Waals surface area contributed by atoms with E-state index in [4.69, 9.17) is 17.3 Å². The van der Waals surface area contributed by atoms with Crippen molar-refractivity contribution >= 4 is 23.4 Å². The van der Waals surface area contributed by atoms with Gasteiger partial charge >= 0.3 is 0 Å². The van der Waals surface area contributed by atoms with Gasteiger partial charge in [0.2, 0.25) is 5.95 Å². The van der Waals surface area contributed by atoms with Gasteiger partial charge in [-0.05, 0) is 43.2 Å². The lowest BCUT2D eigenvalue weighted by atomic mass is 10.0. The van der Waals surface area contributed by atoms with Crippen molar-refractivity contribution in [2.24, 2.45) is 0 Å². The van der Waals surface area contributed by atoms with E-state index in [0.717, 1.165) is 16.7 Å². The van der Waals surface area contributed by atoms with Gasteiger partial charge in [0.25, 0.3) is 0 Å². The summed E-state index contributed by atoms with van der Waals surface area (Å²) in [5, 5.41) is 3.02. The first-order chi connectivity index (χ1) is 15.3. The maximum atomic E-state index is 14.4.